The highest BCUT2D eigenvalue weighted by Crippen LogP contribution is 2.23. The van der Waals surface area contributed by atoms with Crippen molar-refractivity contribution in [2.45, 2.75) is 53.4 Å². The van der Waals surface area contributed by atoms with E-state index in [1.807, 2.05) is 0 Å². The van der Waals surface area contributed by atoms with E-state index in [2.05, 4.69) is 27.7 Å². The summed E-state index contributed by atoms with van der Waals surface area (Å²) in [4.78, 5) is 0. The molecule has 0 aromatic carbocycles. The maximum absolute atomic E-state index is 8.70. The third kappa shape index (κ3) is 8.06. The quantitative estimate of drug-likeness (QED) is 0.675. The second-order valence-electron chi connectivity index (χ2n) is 5.07. The van der Waals surface area contributed by atoms with Gasteiger partial charge in [-0.1, -0.05) is 40.5 Å². The summed E-state index contributed by atoms with van der Waals surface area (Å²) >= 11 is 0. The van der Waals surface area contributed by atoms with Crippen LogP contribution >= 0.6 is 0 Å². The van der Waals surface area contributed by atoms with E-state index in [0.29, 0.717) is 17.9 Å². The molecule has 0 aliphatic heterocycles. The van der Waals surface area contributed by atoms with Gasteiger partial charge in [0.15, 0.2) is 0 Å². The van der Waals surface area contributed by atoms with Crippen LogP contribution in [0.1, 0.15) is 53.4 Å². The first-order valence-electron chi connectivity index (χ1n) is 5.06. The fourth-order valence-electron chi connectivity index (χ4n) is 1.35. The smallest absolute Gasteiger partial charge is 0.0433 e. The van der Waals surface area contributed by atoms with E-state index in [4.69, 9.17) is 5.11 Å². The van der Waals surface area contributed by atoms with Crippen molar-refractivity contribution in [1.29, 1.82) is 0 Å². The van der Waals surface area contributed by atoms with Crippen molar-refractivity contribution in [2.24, 2.45) is 11.3 Å². The van der Waals surface area contributed by atoms with Gasteiger partial charge in [-0.05, 0) is 24.2 Å². The Balaban J connectivity index is 3.31. The van der Waals surface area contributed by atoms with Gasteiger partial charge in [-0.15, -0.1) is 0 Å². The molecule has 1 unspecified atom stereocenters. The third-order valence-corrected chi connectivity index (χ3v) is 2.25. The van der Waals surface area contributed by atoms with Gasteiger partial charge >= 0.3 is 0 Å². The molecule has 0 radical (unpaired) electrons. The zero-order valence-corrected chi connectivity index (χ0v) is 9.06. The van der Waals surface area contributed by atoms with Crippen molar-refractivity contribution in [3.63, 3.8) is 0 Å². The molecule has 0 rings (SSSR count). The van der Waals surface area contributed by atoms with Crippen LogP contribution in [0.5, 0.6) is 0 Å². The van der Waals surface area contributed by atoms with Crippen molar-refractivity contribution in [3.8, 4) is 0 Å². The van der Waals surface area contributed by atoms with Crippen LogP contribution in [0.3, 0.4) is 0 Å². The van der Waals surface area contributed by atoms with Gasteiger partial charge in [-0.2, -0.15) is 0 Å². The van der Waals surface area contributed by atoms with Gasteiger partial charge in [0.2, 0.25) is 0 Å². The van der Waals surface area contributed by atoms with E-state index in [0.717, 1.165) is 6.42 Å². The molecule has 0 bridgehead atoms. The molecule has 1 atom stereocenters. The molecule has 1 N–H and O–H groups in total. The molecule has 12 heavy (non-hydrogen) atoms. The summed E-state index contributed by atoms with van der Waals surface area (Å²) in [5.41, 5.74) is 0.471. The minimum absolute atomic E-state index is 0.344. The average Bonchev–Trinajstić information content (AvgIpc) is 1.84. The lowest BCUT2D eigenvalue weighted by atomic mass is 9.88. The molecular formula is C11H24O. The summed E-state index contributed by atoms with van der Waals surface area (Å²) in [7, 11) is 0. The standard InChI is InChI=1S/C11H24O/c1-10(7-9-12)6-5-8-11(2,3)4/h10,12H,5-9H2,1-4H3. The molecule has 0 aliphatic carbocycles. The molecule has 0 spiro atoms. The first kappa shape index (κ1) is 12.0. The predicted molar refractivity (Wildman–Crippen MR) is 54.2 cm³/mol. The van der Waals surface area contributed by atoms with Gasteiger partial charge in [0.1, 0.15) is 0 Å². The number of aliphatic hydroxyl groups is 1. The van der Waals surface area contributed by atoms with Crippen LogP contribution in [0, 0.1) is 11.3 Å². The second kappa shape index (κ2) is 5.58. The lowest BCUT2D eigenvalue weighted by molar-refractivity contribution is 0.251. The van der Waals surface area contributed by atoms with Crippen LogP contribution in [0.4, 0.5) is 0 Å². The second-order valence-corrected chi connectivity index (χ2v) is 5.07. The van der Waals surface area contributed by atoms with Crippen molar-refractivity contribution in [3.05, 3.63) is 0 Å². The molecule has 0 amide bonds. The normalized spacial score (nSPS) is 14.8. The van der Waals surface area contributed by atoms with E-state index in [9.17, 15) is 0 Å². The SMILES string of the molecule is CC(CCO)CCCC(C)(C)C. The average molecular weight is 172 g/mol. The monoisotopic (exact) mass is 172 g/mol. The fourth-order valence-corrected chi connectivity index (χ4v) is 1.35. The summed E-state index contributed by atoms with van der Waals surface area (Å²) < 4.78 is 0. The third-order valence-electron chi connectivity index (χ3n) is 2.25. The van der Waals surface area contributed by atoms with Gasteiger partial charge in [-0.3, -0.25) is 0 Å². The van der Waals surface area contributed by atoms with Crippen LogP contribution in [0.15, 0.2) is 0 Å². The Labute approximate surface area is 77.2 Å². The molecule has 1 nitrogen and oxygen atoms in total. The van der Waals surface area contributed by atoms with Gasteiger partial charge in [-0.25, -0.2) is 0 Å². The summed E-state index contributed by atoms with van der Waals surface area (Å²) in [6.45, 7) is 9.41. The van der Waals surface area contributed by atoms with Crippen molar-refractivity contribution >= 4 is 0 Å². The van der Waals surface area contributed by atoms with E-state index >= 15 is 0 Å². The Hall–Kier alpha value is -0.0400. The van der Waals surface area contributed by atoms with Crippen molar-refractivity contribution < 1.29 is 5.11 Å². The summed E-state index contributed by atoms with van der Waals surface area (Å²) in [6, 6.07) is 0. The molecule has 0 fully saturated rings. The Morgan fingerprint density at radius 3 is 2.17 bits per heavy atom. The predicted octanol–water partition coefficient (Wildman–Crippen LogP) is 3.22. The topological polar surface area (TPSA) is 20.2 Å². The number of rotatable bonds is 5. The molecule has 74 valence electrons. The highest BCUT2D eigenvalue weighted by atomic mass is 16.2. The van der Waals surface area contributed by atoms with Crippen LogP contribution in [0.2, 0.25) is 0 Å². The maximum Gasteiger partial charge on any atom is 0.0433 e. The largest absolute Gasteiger partial charge is 0.396 e. The van der Waals surface area contributed by atoms with Crippen LogP contribution in [-0.2, 0) is 0 Å². The van der Waals surface area contributed by atoms with Gasteiger partial charge in [0.05, 0.1) is 0 Å². The molecule has 0 saturated heterocycles. The minimum atomic E-state index is 0.344. The van der Waals surface area contributed by atoms with Crippen LogP contribution < -0.4 is 0 Å². The Kier molecular flexibility index (Phi) is 5.56. The van der Waals surface area contributed by atoms with E-state index in [-0.39, 0.29) is 0 Å². The molecule has 0 saturated carbocycles. The number of hydrogen-bond donors (Lipinski definition) is 1. The van der Waals surface area contributed by atoms with E-state index in [1.165, 1.54) is 19.3 Å². The first-order chi connectivity index (χ1) is 5.45. The first-order valence-corrected chi connectivity index (χ1v) is 5.06. The lowest BCUT2D eigenvalue weighted by Gasteiger charge is -2.19. The highest BCUT2D eigenvalue weighted by Gasteiger charge is 2.10. The zero-order valence-electron chi connectivity index (χ0n) is 9.06. The van der Waals surface area contributed by atoms with Gasteiger partial charge in [0, 0.05) is 6.61 Å². The Bertz CT molecular complexity index is 102. The molecule has 0 aromatic rings. The molecule has 0 heterocycles. The summed E-state index contributed by atoms with van der Waals surface area (Å²) in [5.74, 6) is 0.692. The summed E-state index contributed by atoms with van der Waals surface area (Å²) in [6.07, 6.45) is 4.81. The molecular weight excluding hydrogens is 148 g/mol. The number of aliphatic hydroxyl groups excluding tert-OH is 1. The number of hydrogen-bond acceptors (Lipinski definition) is 1. The zero-order chi connectivity index (χ0) is 9.61. The minimum Gasteiger partial charge on any atom is -0.396 e. The van der Waals surface area contributed by atoms with Crippen LogP contribution in [-0.4, -0.2) is 11.7 Å². The van der Waals surface area contributed by atoms with E-state index in [1.54, 1.807) is 0 Å². The van der Waals surface area contributed by atoms with Crippen molar-refractivity contribution in [2.75, 3.05) is 6.61 Å². The molecule has 0 aromatic heterocycles. The lowest BCUT2D eigenvalue weighted by Crippen LogP contribution is -2.06. The van der Waals surface area contributed by atoms with Crippen LogP contribution in [0.25, 0.3) is 0 Å². The highest BCUT2D eigenvalue weighted by molar-refractivity contribution is 4.62. The Morgan fingerprint density at radius 2 is 1.75 bits per heavy atom. The van der Waals surface area contributed by atoms with Gasteiger partial charge < -0.3 is 5.11 Å². The van der Waals surface area contributed by atoms with E-state index < -0.39 is 0 Å². The summed E-state index contributed by atoms with van der Waals surface area (Å²) in [5, 5.41) is 8.70. The Morgan fingerprint density at radius 1 is 1.17 bits per heavy atom. The fraction of sp³-hybridized carbons (Fsp3) is 1.00. The molecule has 0 aliphatic rings. The van der Waals surface area contributed by atoms with Crippen molar-refractivity contribution in [1.82, 2.24) is 0 Å². The maximum atomic E-state index is 8.70. The van der Waals surface area contributed by atoms with Gasteiger partial charge in [0.25, 0.3) is 0 Å². The molecule has 1 heteroatoms.